The van der Waals surface area contributed by atoms with Gasteiger partial charge in [-0.15, -0.1) is 11.3 Å². The van der Waals surface area contributed by atoms with Gasteiger partial charge in [-0.2, -0.15) is 0 Å². The van der Waals surface area contributed by atoms with Crippen LogP contribution in [0, 0.1) is 25.5 Å². The number of halogens is 3. The number of H-pyrrole nitrogens is 1. The van der Waals surface area contributed by atoms with Gasteiger partial charge in [0.2, 0.25) is 0 Å². The van der Waals surface area contributed by atoms with Crippen LogP contribution >= 0.6 is 27.3 Å². The molecule has 0 radical (unpaired) electrons. The molecule has 0 atom stereocenters. The molecule has 3 nitrogen and oxygen atoms in total. The molecule has 2 aromatic heterocycles. The van der Waals surface area contributed by atoms with E-state index in [0.717, 1.165) is 38.2 Å². The van der Waals surface area contributed by atoms with Crippen molar-refractivity contribution in [2.75, 3.05) is 0 Å². The Kier molecular flexibility index (Phi) is 4.44. The minimum atomic E-state index is -0.771. The predicted molar refractivity (Wildman–Crippen MR) is 108 cm³/mol. The topological polar surface area (TPSA) is 45.8 Å². The molecule has 0 saturated heterocycles. The largest absolute Gasteiger partial charge is 0.306 e. The van der Waals surface area contributed by atoms with E-state index in [-0.39, 0.29) is 11.4 Å². The third-order valence-corrected chi connectivity index (χ3v) is 6.02. The fourth-order valence-corrected chi connectivity index (χ4v) is 4.60. The lowest BCUT2D eigenvalue weighted by Gasteiger charge is -2.07. The van der Waals surface area contributed by atoms with Crippen molar-refractivity contribution in [3.63, 3.8) is 0 Å². The summed E-state index contributed by atoms with van der Waals surface area (Å²) in [6.07, 6.45) is 0. The van der Waals surface area contributed by atoms with E-state index < -0.39 is 17.2 Å². The van der Waals surface area contributed by atoms with Gasteiger partial charge in [-0.25, -0.2) is 13.8 Å². The van der Waals surface area contributed by atoms with E-state index >= 15 is 0 Å². The van der Waals surface area contributed by atoms with Crippen molar-refractivity contribution in [2.45, 2.75) is 13.8 Å². The third kappa shape index (κ3) is 3.00. The summed E-state index contributed by atoms with van der Waals surface area (Å²) < 4.78 is 29.1. The first-order valence-electron chi connectivity index (χ1n) is 8.11. The van der Waals surface area contributed by atoms with Gasteiger partial charge in [0.05, 0.1) is 10.9 Å². The fraction of sp³-hybridized carbons (Fsp3) is 0.100. The molecule has 7 heteroatoms. The van der Waals surface area contributed by atoms with Crippen molar-refractivity contribution in [3.8, 4) is 22.5 Å². The summed E-state index contributed by atoms with van der Waals surface area (Å²) >= 11 is 4.87. The third-order valence-electron chi connectivity index (χ3n) is 4.33. The van der Waals surface area contributed by atoms with Crippen LogP contribution in [0.5, 0.6) is 0 Å². The van der Waals surface area contributed by atoms with Crippen LogP contribution in [0.3, 0.4) is 0 Å². The Balaban J connectivity index is 2.03. The molecule has 1 N–H and O–H groups in total. The first-order valence-corrected chi connectivity index (χ1v) is 9.72. The lowest BCUT2D eigenvalue weighted by atomic mass is 10.0. The maximum Gasteiger partial charge on any atom is 0.260 e. The van der Waals surface area contributed by atoms with Gasteiger partial charge in [0.1, 0.15) is 22.3 Å². The van der Waals surface area contributed by atoms with Crippen LogP contribution in [0.15, 0.2) is 45.7 Å². The number of nitrogens with zero attached hydrogens (tertiary/aromatic N) is 1. The Morgan fingerprint density at radius 3 is 2.48 bits per heavy atom. The van der Waals surface area contributed by atoms with Crippen LogP contribution < -0.4 is 5.56 Å². The quantitative estimate of drug-likeness (QED) is 0.411. The number of hydrogen-bond donors (Lipinski definition) is 1. The van der Waals surface area contributed by atoms with E-state index in [1.807, 2.05) is 32.0 Å². The minimum absolute atomic E-state index is 0.112. The summed E-state index contributed by atoms with van der Waals surface area (Å²) in [5.74, 6) is -1.65. The molecule has 27 heavy (non-hydrogen) atoms. The van der Waals surface area contributed by atoms with Crippen molar-refractivity contribution < 1.29 is 8.78 Å². The second-order valence-electron chi connectivity index (χ2n) is 6.21. The lowest BCUT2D eigenvalue weighted by Crippen LogP contribution is -2.10. The number of thiophene rings is 1. The molecule has 0 bridgehead atoms. The van der Waals surface area contributed by atoms with E-state index in [2.05, 4.69) is 25.9 Å². The highest BCUT2D eigenvalue weighted by molar-refractivity contribution is 9.10. The van der Waals surface area contributed by atoms with Crippen LogP contribution in [-0.2, 0) is 0 Å². The molecule has 2 aromatic carbocycles. The highest BCUT2D eigenvalue weighted by atomic mass is 79.9. The predicted octanol–water partition coefficient (Wildman–Crippen LogP) is 5.98. The second-order valence-corrected chi connectivity index (χ2v) is 8.27. The van der Waals surface area contributed by atoms with Gasteiger partial charge in [-0.1, -0.05) is 39.7 Å². The molecule has 0 fully saturated rings. The zero-order valence-corrected chi connectivity index (χ0v) is 16.8. The van der Waals surface area contributed by atoms with Gasteiger partial charge in [0, 0.05) is 14.9 Å². The summed E-state index contributed by atoms with van der Waals surface area (Å²) in [5.41, 5.74) is 1.96. The van der Waals surface area contributed by atoms with E-state index in [1.165, 1.54) is 17.4 Å². The van der Waals surface area contributed by atoms with Crippen LogP contribution in [-0.4, -0.2) is 9.97 Å². The van der Waals surface area contributed by atoms with E-state index in [1.54, 1.807) is 0 Å². The molecule has 0 saturated carbocycles. The minimum Gasteiger partial charge on any atom is -0.306 e. The molecule has 0 amide bonds. The number of rotatable bonds is 2. The zero-order valence-electron chi connectivity index (χ0n) is 14.4. The number of aromatic amines is 1. The molecular weight excluding hydrogens is 434 g/mol. The summed E-state index contributed by atoms with van der Waals surface area (Å²) in [6.45, 7) is 3.88. The van der Waals surface area contributed by atoms with Gasteiger partial charge in [0.15, 0.2) is 0 Å². The van der Waals surface area contributed by atoms with Gasteiger partial charge >= 0.3 is 0 Å². The number of nitrogens with one attached hydrogen (secondary N) is 1. The van der Waals surface area contributed by atoms with Crippen LogP contribution in [0.25, 0.3) is 32.7 Å². The summed E-state index contributed by atoms with van der Waals surface area (Å²) in [5, 5.41) is 0.421. The Bertz CT molecular complexity index is 1240. The van der Waals surface area contributed by atoms with Crippen molar-refractivity contribution in [1.29, 1.82) is 0 Å². The number of fused-ring (bicyclic) bond motifs is 1. The molecule has 0 aliphatic rings. The molecular formula is C20H13BrF2N2OS. The van der Waals surface area contributed by atoms with Crippen molar-refractivity contribution in [1.82, 2.24) is 9.97 Å². The summed E-state index contributed by atoms with van der Waals surface area (Å²) in [7, 11) is 0. The van der Waals surface area contributed by atoms with E-state index in [4.69, 9.17) is 0 Å². The molecule has 0 spiro atoms. The standard InChI is InChI=1S/C20H13BrF2N2OS/c1-9-6-7-12(21)11(8-9)15-10(2)27-20-17(15)19(26)24-18(25-20)16-13(22)4-3-5-14(16)23/h3-8H,1-2H3,(H,24,25,26). The SMILES string of the molecule is Cc1ccc(Br)c(-c2c(C)sc3nc(-c4c(F)cccc4F)[nH]c(=O)c23)c1. The molecule has 2 heterocycles. The number of aromatic nitrogens is 2. The normalized spacial score (nSPS) is 11.3. The average molecular weight is 447 g/mol. The first-order chi connectivity index (χ1) is 12.9. The monoisotopic (exact) mass is 446 g/mol. The molecule has 0 aliphatic heterocycles. The molecule has 4 aromatic rings. The van der Waals surface area contributed by atoms with Crippen LogP contribution in [0.2, 0.25) is 0 Å². The fourth-order valence-electron chi connectivity index (χ4n) is 3.12. The Morgan fingerprint density at radius 2 is 1.78 bits per heavy atom. The lowest BCUT2D eigenvalue weighted by molar-refractivity contribution is 0.587. The Labute approximate surface area is 165 Å². The molecule has 136 valence electrons. The van der Waals surface area contributed by atoms with Gasteiger partial charge < -0.3 is 4.98 Å². The maximum absolute atomic E-state index is 14.1. The van der Waals surface area contributed by atoms with E-state index in [9.17, 15) is 13.6 Å². The Morgan fingerprint density at radius 1 is 1.07 bits per heavy atom. The summed E-state index contributed by atoms with van der Waals surface area (Å²) in [4.78, 5) is 21.1. The van der Waals surface area contributed by atoms with Crippen LogP contribution in [0.4, 0.5) is 8.78 Å². The van der Waals surface area contributed by atoms with Gasteiger partial charge in [0.25, 0.3) is 5.56 Å². The van der Waals surface area contributed by atoms with Crippen molar-refractivity contribution in [3.05, 3.63) is 73.3 Å². The maximum atomic E-state index is 14.1. The van der Waals surface area contributed by atoms with Crippen molar-refractivity contribution in [2.24, 2.45) is 0 Å². The average Bonchev–Trinajstić information content (AvgIpc) is 2.93. The summed E-state index contributed by atoms with van der Waals surface area (Å²) in [6, 6.07) is 9.43. The molecule has 0 aliphatic carbocycles. The molecule has 0 unspecified atom stereocenters. The van der Waals surface area contributed by atoms with E-state index in [0.29, 0.717) is 10.2 Å². The van der Waals surface area contributed by atoms with Gasteiger partial charge in [-0.05, 0) is 37.6 Å². The van der Waals surface area contributed by atoms with Crippen molar-refractivity contribution >= 4 is 37.5 Å². The highest BCUT2D eigenvalue weighted by Gasteiger charge is 2.21. The number of aryl methyl sites for hydroxylation is 2. The Hall–Kier alpha value is -2.38. The van der Waals surface area contributed by atoms with Gasteiger partial charge in [-0.3, -0.25) is 4.79 Å². The van der Waals surface area contributed by atoms with Crippen LogP contribution in [0.1, 0.15) is 10.4 Å². The molecule has 4 rings (SSSR count). The first kappa shape index (κ1) is 18.0. The number of benzene rings is 2. The second kappa shape index (κ2) is 6.65. The highest BCUT2D eigenvalue weighted by Crippen LogP contribution is 2.40. The number of hydrogen-bond acceptors (Lipinski definition) is 3. The smallest absolute Gasteiger partial charge is 0.260 e. The zero-order chi connectivity index (χ0) is 19.3.